The Balaban J connectivity index is 1.70. The molecule has 0 aliphatic heterocycles. The predicted molar refractivity (Wildman–Crippen MR) is 74.7 cm³/mol. The molecule has 1 aromatic carbocycles. The van der Waals surface area contributed by atoms with Crippen LogP contribution < -0.4 is 4.74 Å². The van der Waals surface area contributed by atoms with E-state index in [2.05, 4.69) is 20.8 Å². The maximum Gasteiger partial charge on any atom is 0.119 e. The molecular weight excluding hydrogens is 294 g/mol. The van der Waals surface area contributed by atoms with E-state index < -0.39 is 0 Å². The van der Waals surface area contributed by atoms with Crippen LogP contribution in [-0.2, 0) is 6.54 Å². The van der Waals surface area contributed by atoms with Gasteiger partial charge in [0.25, 0.3) is 0 Å². The van der Waals surface area contributed by atoms with E-state index in [-0.39, 0.29) is 0 Å². The van der Waals surface area contributed by atoms with Crippen molar-refractivity contribution in [2.24, 2.45) is 0 Å². The highest BCUT2D eigenvalue weighted by atomic mass is 79.9. The number of halogens is 1. The molecule has 0 saturated carbocycles. The zero-order chi connectivity index (χ0) is 12.8. The molecule has 4 heteroatoms. The number of ether oxygens (including phenoxy) is 1. The summed E-state index contributed by atoms with van der Waals surface area (Å²) in [6.07, 6.45) is 1.70. The second kappa shape index (κ2) is 6.61. The van der Waals surface area contributed by atoms with E-state index >= 15 is 0 Å². The van der Waals surface area contributed by atoms with Crippen LogP contribution >= 0.6 is 15.9 Å². The average molecular weight is 310 g/mol. The minimum absolute atomic E-state index is 0.666. The van der Waals surface area contributed by atoms with Crippen LogP contribution in [-0.4, -0.2) is 25.1 Å². The summed E-state index contributed by atoms with van der Waals surface area (Å²) in [5.74, 6) is 1.87. The Hall–Kier alpha value is -1.26. The Morgan fingerprint density at radius 3 is 2.67 bits per heavy atom. The highest BCUT2D eigenvalue weighted by Gasteiger charge is 2.02. The molecule has 0 atom stereocenters. The van der Waals surface area contributed by atoms with E-state index in [1.165, 1.54) is 0 Å². The Bertz CT molecular complexity index is 453. The van der Waals surface area contributed by atoms with Crippen molar-refractivity contribution in [1.82, 2.24) is 4.90 Å². The number of furan rings is 1. The van der Waals surface area contributed by atoms with E-state index in [4.69, 9.17) is 9.15 Å². The summed E-state index contributed by atoms with van der Waals surface area (Å²) in [5, 5.41) is 0. The first-order chi connectivity index (χ1) is 8.74. The molecule has 0 aliphatic rings. The molecule has 3 nitrogen and oxygen atoms in total. The number of likely N-dealkylation sites (N-methyl/N-ethyl adjacent to an activating group) is 1. The van der Waals surface area contributed by atoms with E-state index in [1.54, 1.807) is 6.26 Å². The lowest BCUT2D eigenvalue weighted by molar-refractivity contribution is 0.222. The van der Waals surface area contributed by atoms with Crippen molar-refractivity contribution in [2.75, 3.05) is 20.2 Å². The highest BCUT2D eigenvalue weighted by Crippen LogP contribution is 2.16. The number of hydrogen-bond acceptors (Lipinski definition) is 3. The van der Waals surface area contributed by atoms with Gasteiger partial charge in [0.05, 0.1) is 12.8 Å². The monoisotopic (exact) mass is 309 g/mol. The van der Waals surface area contributed by atoms with Gasteiger partial charge in [0.15, 0.2) is 0 Å². The second-order valence-corrected chi connectivity index (χ2v) is 5.04. The van der Waals surface area contributed by atoms with Crippen LogP contribution in [0.15, 0.2) is 51.6 Å². The van der Waals surface area contributed by atoms with E-state index in [0.717, 1.165) is 29.1 Å². The lowest BCUT2D eigenvalue weighted by atomic mass is 10.3. The summed E-state index contributed by atoms with van der Waals surface area (Å²) in [7, 11) is 2.05. The summed E-state index contributed by atoms with van der Waals surface area (Å²) in [6, 6.07) is 11.7. The summed E-state index contributed by atoms with van der Waals surface area (Å²) in [5.41, 5.74) is 0. The molecular formula is C14H16BrNO2. The van der Waals surface area contributed by atoms with Crippen molar-refractivity contribution in [1.29, 1.82) is 0 Å². The SMILES string of the molecule is CN(CCOc1ccc(Br)cc1)Cc1ccco1. The Kier molecular flexibility index (Phi) is 4.84. The highest BCUT2D eigenvalue weighted by molar-refractivity contribution is 9.10. The van der Waals surface area contributed by atoms with Crippen LogP contribution in [0.1, 0.15) is 5.76 Å². The van der Waals surface area contributed by atoms with Crippen molar-refractivity contribution < 1.29 is 9.15 Å². The average Bonchev–Trinajstić information content (AvgIpc) is 2.84. The fourth-order valence-electron chi connectivity index (χ4n) is 1.60. The van der Waals surface area contributed by atoms with Gasteiger partial charge in [0.1, 0.15) is 18.1 Å². The van der Waals surface area contributed by atoms with Crippen molar-refractivity contribution in [3.63, 3.8) is 0 Å². The topological polar surface area (TPSA) is 25.6 Å². The molecule has 2 aromatic rings. The normalized spacial score (nSPS) is 10.8. The van der Waals surface area contributed by atoms with Crippen molar-refractivity contribution >= 4 is 15.9 Å². The van der Waals surface area contributed by atoms with E-state index in [9.17, 15) is 0 Å². The fraction of sp³-hybridized carbons (Fsp3) is 0.286. The van der Waals surface area contributed by atoms with Gasteiger partial charge in [-0.05, 0) is 43.4 Å². The molecule has 2 rings (SSSR count). The third kappa shape index (κ3) is 4.20. The molecule has 0 aliphatic carbocycles. The van der Waals surface area contributed by atoms with Crippen LogP contribution in [0.4, 0.5) is 0 Å². The third-order valence-electron chi connectivity index (χ3n) is 2.56. The largest absolute Gasteiger partial charge is 0.492 e. The van der Waals surface area contributed by atoms with Gasteiger partial charge in [-0.1, -0.05) is 15.9 Å². The van der Waals surface area contributed by atoms with Gasteiger partial charge in [-0.3, -0.25) is 4.90 Å². The molecule has 0 spiro atoms. The molecule has 0 amide bonds. The molecule has 96 valence electrons. The van der Waals surface area contributed by atoms with Gasteiger partial charge in [-0.2, -0.15) is 0 Å². The summed E-state index contributed by atoms with van der Waals surface area (Å²) >= 11 is 3.40. The lowest BCUT2D eigenvalue weighted by Crippen LogP contribution is -2.23. The molecule has 0 fully saturated rings. The first-order valence-electron chi connectivity index (χ1n) is 5.83. The van der Waals surface area contributed by atoms with Gasteiger partial charge >= 0.3 is 0 Å². The number of nitrogens with zero attached hydrogens (tertiary/aromatic N) is 1. The fourth-order valence-corrected chi connectivity index (χ4v) is 1.86. The smallest absolute Gasteiger partial charge is 0.119 e. The minimum atomic E-state index is 0.666. The van der Waals surface area contributed by atoms with Crippen LogP contribution in [0.25, 0.3) is 0 Å². The van der Waals surface area contributed by atoms with Crippen LogP contribution in [0.5, 0.6) is 5.75 Å². The molecule has 0 radical (unpaired) electrons. The van der Waals surface area contributed by atoms with Crippen LogP contribution in [0, 0.1) is 0 Å². The standard InChI is InChI=1S/C14H16BrNO2/c1-16(11-14-3-2-9-17-14)8-10-18-13-6-4-12(15)5-7-13/h2-7,9H,8,10-11H2,1H3. The van der Waals surface area contributed by atoms with E-state index in [0.29, 0.717) is 6.61 Å². The Labute approximate surface area is 115 Å². The zero-order valence-corrected chi connectivity index (χ0v) is 11.9. The number of benzene rings is 1. The minimum Gasteiger partial charge on any atom is -0.492 e. The van der Waals surface area contributed by atoms with E-state index in [1.807, 2.05) is 43.4 Å². The quantitative estimate of drug-likeness (QED) is 0.816. The Morgan fingerprint density at radius 1 is 1.22 bits per heavy atom. The molecule has 1 aromatic heterocycles. The lowest BCUT2D eigenvalue weighted by Gasteiger charge is -2.15. The molecule has 0 unspecified atom stereocenters. The number of rotatable bonds is 6. The first-order valence-corrected chi connectivity index (χ1v) is 6.62. The van der Waals surface area contributed by atoms with Crippen molar-refractivity contribution in [3.8, 4) is 5.75 Å². The summed E-state index contributed by atoms with van der Waals surface area (Å²) in [4.78, 5) is 2.16. The third-order valence-corrected chi connectivity index (χ3v) is 3.09. The maximum atomic E-state index is 5.66. The van der Waals surface area contributed by atoms with Gasteiger partial charge in [-0.15, -0.1) is 0 Å². The van der Waals surface area contributed by atoms with Gasteiger partial charge in [-0.25, -0.2) is 0 Å². The second-order valence-electron chi connectivity index (χ2n) is 4.12. The maximum absolute atomic E-state index is 5.66. The Morgan fingerprint density at radius 2 is 2.00 bits per heavy atom. The van der Waals surface area contributed by atoms with Gasteiger partial charge < -0.3 is 9.15 Å². The molecule has 0 saturated heterocycles. The van der Waals surface area contributed by atoms with Crippen LogP contribution in [0.3, 0.4) is 0 Å². The van der Waals surface area contributed by atoms with Crippen LogP contribution in [0.2, 0.25) is 0 Å². The summed E-state index contributed by atoms with van der Waals surface area (Å²) in [6.45, 7) is 2.33. The van der Waals surface area contributed by atoms with Gasteiger partial charge in [0.2, 0.25) is 0 Å². The predicted octanol–water partition coefficient (Wildman–Crippen LogP) is 3.55. The summed E-state index contributed by atoms with van der Waals surface area (Å²) < 4.78 is 12.0. The molecule has 0 N–H and O–H groups in total. The first kappa shape index (κ1) is 13.2. The number of hydrogen-bond donors (Lipinski definition) is 0. The molecule has 1 heterocycles. The molecule has 0 bridgehead atoms. The molecule has 18 heavy (non-hydrogen) atoms. The zero-order valence-electron chi connectivity index (χ0n) is 10.3. The van der Waals surface area contributed by atoms with Crippen molar-refractivity contribution in [3.05, 3.63) is 52.9 Å². The van der Waals surface area contributed by atoms with Gasteiger partial charge in [0, 0.05) is 11.0 Å². The van der Waals surface area contributed by atoms with Crippen molar-refractivity contribution in [2.45, 2.75) is 6.54 Å².